The lowest BCUT2D eigenvalue weighted by Crippen LogP contribution is -2.12. The number of anilines is 1. The minimum absolute atomic E-state index is 0.138. The molecule has 0 bridgehead atoms. The zero-order valence-corrected chi connectivity index (χ0v) is 14.5. The smallest absolute Gasteiger partial charge is 0.255 e. The standard InChI is InChI=1S/C20H21N5O/c21-13-14-4-6-16(7-5-14)20(26)22-17-10-8-15(9-11-17)19-24-23-18-3-1-2-12-25(18)19/h4-11H,1-3,12-13,21H2,(H,22,26). The maximum Gasteiger partial charge on any atom is 0.255 e. The molecule has 2 heterocycles. The first-order chi connectivity index (χ1) is 12.7. The van der Waals surface area contributed by atoms with Gasteiger partial charge in [-0.1, -0.05) is 12.1 Å². The molecule has 1 amide bonds. The third-order valence-electron chi connectivity index (χ3n) is 4.71. The Morgan fingerprint density at radius 3 is 2.54 bits per heavy atom. The molecule has 1 aliphatic heterocycles. The molecule has 6 heteroatoms. The molecule has 0 radical (unpaired) electrons. The highest BCUT2D eigenvalue weighted by Crippen LogP contribution is 2.24. The van der Waals surface area contributed by atoms with Gasteiger partial charge in [-0.25, -0.2) is 0 Å². The van der Waals surface area contributed by atoms with Crippen molar-refractivity contribution in [3.05, 3.63) is 65.5 Å². The summed E-state index contributed by atoms with van der Waals surface area (Å²) >= 11 is 0. The summed E-state index contributed by atoms with van der Waals surface area (Å²) < 4.78 is 2.19. The number of hydrogen-bond acceptors (Lipinski definition) is 4. The van der Waals surface area contributed by atoms with Crippen molar-refractivity contribution in [3.63, 3.8) is 0 Å². The normalized spacial score (nSPS) is 13.3. The Morgan fingerprint density at radius 2 is 1.81 bits per heavy atom. The van der Waals surface area contributed by atoms with E-state index in [0.717, 1.165) is 47.8 Å². The van der Waals surface area contributed by atoms with Crippen molar-refractivity contribution in [3.8, 4) is 11.4 Å². The lowest BCUT2D eigenvalue weighted by Gasteiger charge is -2.14. The predicted octanol–water partition coefficient (Wildman–Crippen LogP) is 2.99. The summed E-state index contributed by atoms with van der Waals surface area (Å²) in [6, 6.07) is 15.0. The molecule has 0 saturated carbocycles. The zero-order valence-electron chi connectivity index (χ0n) is 14.5. The molecule has 26 heavy (non-hydrogen) atoms. The first kappa shape index (κ1) is 16.5. The van der Waals surface area contributed by atoms with Crippen LogP contribution in [0, 0.1) is 0 Å². The third kappa shape index (κ3) is 3.23. The Labute approximate surface area is 152 Å². The highest BCUT2D eigenvalue weighted by atomic mass is 16.1. The quantitative estimate of drug-likeness (QED) is 0.760. The molecule has 1 aliphatic rings. The van der Waals surface area contributed by atoms with Crippen LogP contribution in [0.5, 0.6) is 0 Å². The lowest BCUT2D eigenvalue weighted by molar-refractivity contribution is 0.102. The summed E-state index contributed by atoms with van der Waals surface area (Å²) in [7, 11) is 0. The Bertz CT molecular complexity index is 912. The van der Waals surface area contributed by atoms with Crippen LogP contribution in [0.2, 0.25) is 0 Å². The molecule has 0 fully saturated rings. The average molecular weight is 347 g/mol. The predicted molar refractivity (Wildman–Crippen MR) is 101 cm³/mol. The molecule has 0 atom stereocenters. The number of carbonyl (C=O) groups excluding carboxylic acids is 1. The van der Waals surface area contributed by atoms with Crippen molar-refractivity contribution in [2.24, 2.45) is 5.73 Å². The fourth-order valence-corrected chi connectivity index (χ4v) is 3.22. The van der Waals surface area contributed by atoms with Crippen LogP contribution in [0.15, 0.2) is 48.5 Å². The van der Waals surface area contributed by atoms with Crippen molar-refractivity contribution in [1.29, 1.82) is 0 Å². The van der Waals surface area contributed by atoms with E-state index in [1.54, 1.807) is 12.1 Å². The van der Waals surface area contributed by atoms with E-state index in [9.17, 15) is 4.79 Å². The van der Waals surface area contributed by atoms with Gasteiger partial charge < -0.3 is 15.6 Å². The number of fused-ring (bicyclic) bond motifs is 1. The van der Waals surface area contributed by atoms with E-state index in [2.05, 4.69) is 20.1 Å². The van der Waals surface area contributed by atoms with Crippen LogP contribution in [0.4, 0.5) is 5.69 Å². The minimum Gasteiger partial charge on any atom is -0.326 e. The van der Waals surface area contributed by atoms with E-state index in [4.69, 9.17) is 5.73 Å². The van der Waals surface area contributed by atoms with Gasteiger partial charge in [0.25, 0.3) is 5.91 Å². The molecule has 132 valence electrons. The monoisotopic (exact) mass is 347 g/mol. The van der Waals surface area contributed by atoms with E-state index in [1.807, 2.05) is 36.4 Å². The second kappa shape index (κ2) is 7.09. The molecule has 4 rings (SSSR count). The number of aromatic nitrogens is 3. The molecule has 0 unspecified atom stereocenters. The van der Waals surface area contributed by atoms with Crippen molar-refractivity contribution in [2.75, 3.05) is 5.32 Å². The van der Waals surface area contributed by atoms with Gasteiger partial charge in [0.1, 0.15) is 5.82 Å². The van der Waals surface area contributed by atoms with Crippen LogP contribution in [0.3, 0.4) is 0 Å². The van der Waals surface area contributed by atoms with E-state index < -0.39 is 0 Å². The van der Waals surface area contributed by atoms with Crippen LogP contribution in [0.25, 0.3) is 11.4 Å². The van der Waals surface area contributed by atoms with Crippen LogP contribution < -0.4 is 11.1 Å². The summed E-state index contributed by atoms with van der Waals surface area (Å²) in [5.74, 6) is 1.82. The first-order valence-corrected chi connectivity index (χ1v) is 8.87. The van der Waals surface area contributed by atoms with Gasteiger partial charge in [0.05, 0.1) is 0 Å². The zero-order chi connectivity index (χ0) is 17.9. The molecule has 3 aromatic rings. The average Bonchev–Trinajstić information content (AvgIpc) is 3.13. The molecule has 0 aliphatic carbocycles. The summed E-state index contributed by atoms with van der Waals surface area (Å²) in [4.78, 5) is 12.4. The van der Waals surface area contributed by atoms with E-state index in [0.29, 0.717) is 12.1 Å². The number of hydrogen-bond donors (Lipinski definition) is 2. The Hall–Kier alpha value is -2.99. The van der Waals surface area contributed by atoms with E-state index in [1.165, 1.54) is 6.42 Å². The van der Waals surface area contributed by atoms with Crippen molar-refractivity contribution in [2.45, 2.75) is 32.4 Å². The second-order valence-electron chi connectivity index (χ2n) is 6.48. The lowest BCUT2D eigenvalue weighted by atomic mass is 10.1. The topological polar surface area (TPSA) is 85.8 Å². The number of aryl methyl sites for hydroxylation is 1. The minimum atomic E-state index is -0.138. The summed E-state index contributed by atoms with van der Waals surface area (Å²) in [5.41, 5.74) is 8.96. The first-order valence-electron chi connectivity index (χ1n) is 8.87. The molecule has 0 saturated heterocycles. The number of nitrogens with zero attached hydrogens (tertiary/aromatic N) is 3. The van der Waals surface area contributed by atoms with E-state index in [-0.39, 0.29) is 5.91 Å². The number of amides is 1. The van der Waals surface area contributed by atoms with Gasteiger partial charge >= 0.3 is 0 Å². The Kier molecular flexibility index (Phi) is 4.50. The van der Waals surface area contributed by atoms with Gasteiger partial charge in [-0.15, -0.1) is 10.2 Å². The number of carbonyl (C=O) groups is 1. The number of benzene rings is 2. The Balaban J connectivity index is 1.49. The number of rotatable bonds is 4. The van der Waals surface area contributed by atoms with Gasteiger partial charge in [-0.05, 0) is 54.8 Å². The fourth-order valence-electron chi connectivity index (χ4n) is 3.22. The van der Waals surface area contributed by atoms with Crippen molar-refractivity contribution in [1.82, 2.24) is 14.8 Å². The summed E-state index contributed by atoms with van der Waals surface area (Å²) in [5, 5.41) is 11.5. The van der Waals surface area contributed by atoms with Crippen molar-refractivity contribution < 1.29 is 4.79 Å². The molecule has 2 aromatic carbocycles. The number of nitrogens with two attached hydrogens (primary N) is 1. The molecule has 3 N–H and O–H groups in total. The molecule has 6 nitrogen and oxygen atoms in total. The van der Waals surface area contributed by atoms with Gasteiger partial charge in [0.15, 0.2) is 5.82 Å². The van der Waals surface area contributed by atoms with Gasteiger partial charge in [-0.2, -0.15) is 0 Å². The maximum atomic E-state index is 12.4. The van der Waals surface area contributed by atoms with Crippen LogP contribution in [-0.4, -0.2) is 20.7 Å². The molecular formula is C20H21N5O. The largest absolute Gasteiger partial charge is 0.326 e. The SMILES string of the molecule is NCc1ccc(C(=O)Nc2ccc(-c3nnc4n3CCCC4)cc2)cc1. The van der Waals surface area contributed by atoms with E-state index >= 15 is 0 Å². The molecular weight excluding hydrogens is 326 g/mol. The summed E-state index contributed by atoms with van der Waals surface area (Å²) in [6.45, 7) is 1.44. The van der Waals surface area contributed by atoms with Crippen LogP contribution >= 0.6 is 0 Å². The fraction of sp³-hybridized carbons (Fsp3) is 0.250. The van der Waals surface area contributed by atoms with Gasteiger partial charge in [0, 0.05) is 36.3 Å². The maximum absolute atomic E-state index is 12.4. The highest BCUT2D eigenvalue weighted by molar-refractivity contribution is 6.04. The molecule has 0 spiro atoms. The second-order valence-corrected chi connectivity index (χ2v) is 6.48. The Morgan fingerprint density at radius 1 is 1.04 bits per heavy atom. The van der Waals surface area contributed by atoms with Crippen molar-refractivity contribution >= 4 is 11.6 Å². The number of nitrogens with one attached hydrogen (secondary N) is 1. The van der Waals surface area contributed by atoms with Crippen LogP contribution in [-0.2, 0) is 19.5 Å². The molecule has 1 aromatic heterocycles. The van der Waals surface area contributed by atoms with Gasteiger partial charge in [-0.3, -0.25) is 4.79 Å². The third-order valence-corrected chi connectivity index (χ3v) is 4.71. The van der Waals surface area contributed by atoms with Gasteiger partial charge in [0.2, 0.25) is 0 Å². The van der Waals surface area contributed by atoms with Crippen LogP contribution in [0.1, 0.15) is 34.6 Å². The summed E-state index contributed by atoms with van der Waals surface area (Å²) in [6.07, 6.45) is 3.33. The highest BCUT2D eigenvalue weighted by Gasteiger charge is 2.16.